The van der Waals surface area contributed by atoms with E-state index in [1.165, 1.54) is 16.7 Å². The van der Waals surface area contributed by atoms with E-state index in [-0.39, 0.29) is 0 Å². The molecule has 0 aliphatic heterocycles. The average Bonchev–Trinajstić information content (AvgIpc) is 2.74. The van der Waals surface area contributed by atoms with Crippen LogP contribution in [0.1, 0.15) is 11.1 Å². The number of benzene rings is 1. The minimum absolute atomic E-state index is 0.675. The van der Waals surface area contributed by atoms with Gasteiger partial charge in [0.2, 0.25) is 0 Å². The quantitative estimate of drug-likeness (QED) is 0.636. The summed E-state index contributed by atoms with van der Waals surface area (Å²) < 4.78 is 2.03. The number of rotatable bonds is 1. The Labute approximate surface area is 111 Å². The fourth-order valence-corrected chi connectivity index (χ4v) is 2.49. The highest BCUT2D eigenvalue weighted by molar-refractivity contribution is 6.33. The van der Waals surface area contributed by atoms with Gasteiger partial charge in [-0.1, -0.05) is 35.4 Å². The van der Waals surface area contributed by atoms with Crippen LogP contribution in [0, 0.1) is 13.8 Å². The number of imidazole rings is 1. The normalized spacial score (nSPS) is 11.1. The van der Waals surface area contributed by atoms with E-state index in [9.17, 15) is 0 Å². The molecule has 0 unspecified atom stereocenters. The molecule has 0 radical (unpaired) electrons. The van der Waals surface area contributed by atoms with Crippen molar-refractivity contribution in [2.75, 3.05) is 0 Å². The lowest BCUT2D eigenvalue weighted by molar-refractivity contribution is 1.18. The molecule has 18 heavy (non-hydrogen) atoms. The number of hydrogen-bond donors (Lipinski definition) is 0. The maximum atomic E-state index is 6.14. The molecule has 2 nitrogen and oxygen atoms in total. The van der Waals surface area contributed by atoms with Gasteiger partial charge < -0.3 is 0 Å². The average molecular weight is 257 g/mol. The van der Waals surface area contributed by atoms with E-state index in [1.54, 1.807) is 0 Å². The van der Waals surface area contributed by atoms with Crippen LogP contribution in [0.4, 0.5) is 0 Å². The second-order valence-corrected chi connectivity index (χ2v) is 4.92. The number of hydrogen-bond acceptors (Lipinski definition) is 1. The minimum Gasteiger partial charge on any atom is -0.298 e. The lowest BCUT2D eigenvalue weighted by Crippen LogP contribution is -1.90. The standard InChI is InChI=1S/C15H13ClN2/c1-10-5-6-12(11(2)8-10)14-9-17-15-13(16)4-3-7-18(14)15/h3-9H,1-2H3. The second-order valence-electron chi connectivity index (χ2n) is 4.51. The van der Waals surface area contributed by atoms with Gasteiger partial charge in [0.25, 0.3) is 0 Å². The molecule has 0 saturated heterocycles. The van der Waals surface area contributed by atoms with Crippen molar-refractivity contribution in [3.63, 3.8) is 0 Å². The van der Waals surface area contributed by atoms with Crippen molar-refractivity contribution in [1.82, 2.24) is 9.38 Å². The molecule has 0 atom stereocenters. The first-order chi connectivity index (χ1) is 8.66. The zero-order valence-electron chi connectivity index (χ0n) is 10.3. The van der Waals surface area contributed by atoms with Gasteiger partial charge in [-0.15, -0.1) is 0 Å². The summed E-state index contributed by atoms with van der Waals surface area (Å²) in [6.07, 6.45) is 3.86. The van der Waals surface area contributed by atoms with Gasteiger partial charge in [-0.2, -0.15) is 0 Å². The fourth-order valence-electron chi connectivity index (χ4n) is 2.28. The van der Waals surface area contributed by atoms with Gasteiger partial charge in [0.05, 0.1) is 16.9 Å². The Kier molecular flexibility index (Phi) is 2.60. The fraction of sp³-hybridized carbons (Fsp3) is 0.133. The molecule has 0 spiro atoms. The van der Waals surface area contributed by atoms with Crippen molar-refractivity contribution >= 4 is 17.2 Å². The Hall–Kier alpha value is -1.80. The van der Waals surface area contributed by atoms with E-state index in [2.05, 4.69) is 37.0 Å². The summed E-state index contributed by atoms with van der Waals surface area (Å²) in [5.41, 5.74) is 5.58. The summed E-state index contributed by atoms with van der Waals surface area (Å²) in [7, 11) is 0. The van der Waals surface area contributed by atoms with Crippen molar-refractivity contribution in [3.8, 4) is 11.3 Å². The number of pyridine rings is 1. The summed E-state index contributed by atoms with van der Waals surface area (Å²) >= 11 is 6.14. The molecule has 0 aliphatic rings. The molecule has 0 N–H and O–H groups in total. The first-order valence-corrected chi connectivity index (χ1v) is 6.24. The third kappa shape index (κ3) is 1.70. The van der Waals surface area contributed by atoms with Crippen LogP contribution >= 0.6 is 11.6 Å². The van der Waals surface area contributed by atoms with E-state index >= 15 is 0 Å². The molecule has 1 aromatic carbocycles. The Balaban J connectivity index is 2.29. The zero-order valence-corrected chi connectivity index (χ0v) is 11.1. The van der Waals surface area contributed by atoms with Gasteiger partial charge in [-0.25, -0.2) is 4.98 Å². The Morgan fingerprint density at radius 1 is 1.17 bits per heavy atom. The lowest BCUT2D eigenvalue weighted by Gasteiger charge is -2.07. The maximum absolute atomic E-state index is 6.14. The third-order valence-electron chi connectivity index (χ3n) is 3.15. The predicted molar refractivity (Wildman–Crippen MR) is 75.1 cm³/mol. The number of aromatic nitrogens is 2. The van der Waals surface area contributed by atoms with Gasteiger partial charge in [-0.05, 0) is 31.5 Å². The lowest BCUT2D eigenvalue weighted by atomic mass is 10.0. The summed E-state index contributed by atoms with van der Waals surface area (Å²) in [4.78, 5) is 4.39. The number of fused-ring (bicyclic) bond motifs is 1. The van der Waals surface area contributed by atoms with Crippen molar-refractivity contribution in [2.24, 2.45) is 0 Å². The molecular weight excluding hydrogens is 244 g/mol. The molecular formula is C15H13ClN2. The zero-order chi connectivity index (χ0) is 12.7. The van der Waals surface area contributed by atoms with Crippen LogP contribution in [-0.4, -0.2) is 9.38 Å². The Bertz CT molecular complexity index is 728. The highest BCUT2D eigenvalue weighted by atomic mass is 35.5. The monoisotopic (exact) mass is 256 g/mol. The van der Waals surface area contributed by atoms with Crippen LogP contribution in [0.15, 0.2) is 42.7 Å². The molecule has 0 saturated carbocycles. The Morgan fingerprint density at radius 3 is 2.78 bits per heavy atom. The smallest absolute Gasteiger partial charge is 0.156 e. The van der Waals surface area contributed by atoms with Crippen molar-refractivity contribution < 1.29 is 0 Å². The van der Waals surface area contributed by atoms with Crippen LogP contribution in [0.3, 0.4) is 0 Å². The van der Waals surface area contributed by atoms with Crippen LogP contribution in [-0.2, 0) is 0 Å². The van der Waals surface area contributed by atoms with E-state index in [0.29, 0.717) is 5.02 Å². The predicted octanol–water partition coefficient (Wildman–Crippen LogP) is 4.27. The molecule has 0 amide bonds. The topological polar surface area (TPSA) is 17.3 Å². The molecule has 2 heterocycles. The van der Waals surface area contributed by atoms with Gasteiger partial charge in [0.15, 0.2) is 5.65 Å². The van der Waals surface area contributed by atoms with E-state index in [1.807, 2.05) is 28.9 Å². The van der Waals surface area contributed by atoms with Crippen LogP contribution < -0.4 is 0 Å². The van der Waals surface area contributed by atoms with Crippen LogP contribution in [0.2, 0.25) is 5.02 Å². The van der Waals surface area contributed by atoms with Crippen LogP contribution in [0.25, 0.3) is 16.9 Å². The SMILES string of the molecule is Cc1ccc(-c2cnc3c(Cl)cccn23)c(C)c1. The minimum atomic E-state index is 0.675. The summed E-state index contributed by atoms with van der Waals surface area (Å²) in [6.45, 7) is 4.22. The Morgan fingerprint density at radius 2 is 2.00 bits per heavy atom. The second kappa shape index (κ2) is 4.14. The number of halogens is 1. The molecule has 0 aliphatic carbocycles. The summed E-state index contributed by atoms with van der Waals surface area (Å²) in [6, 6.07) is 10.2. The highest BCUT2D eigenvalue weighted by Crippen LogP contribution is 2.27. The van der Waals surface area contributed by atoms with Crippen molar-refractivity contribution in [1.29, 1.82) is 0 Å². The molecule has 0 bridgehead atoms. The van der Waals surface area contributed by atoms with Crippen molar-refractivity contribution in [2.45, 2.75) is 13.8 Å². The summed E-state index contributed by atoms with van der Waals surface area (Å²) in [5.74, 6) is 0. The van der Waals surface area contributed by atoms with Gasteiger partial charge >= 0.3 is 0 Å². The maximum Gasteiger partial charge on any atom is 0.156 e. The highest BCUT2D eigenvalue weighted by Gasteiger charge is 2.09. The third-order valence-corrected chi connectivity index (χ3v) is 3.44. The first kappa shape index (κ1) is 11.3. The number of nitrogens with zero attached hydrogens (tertiary/aromatic N) is 2. The van der Waals surface area contributed by atoms with Gasteiger partial charge in [0.1, 0.15) is 0 Å². The molecule has 3 heteroatoms. The van der Waals surface area contributed by atoms with Crippen molar-refractivity contribution in [3.05, 3.63) is 58.9 Å². The molecule has 3 rings (SSSR count). The van der Waals surface area contributed by atoms with E-state index in [4.69, 9.17) is 11.6 Å². The molecule has 3 aromatic rings. The largest absolute Gasteiger partial charge is 0.298 e. The van der Waals surface area contributed by atoms with Crippen LogP contribution in [0.5, 0.6) is 0 Å². The van der Waals surface area contributed by atoms with Gasteiger partial charge in [0, 0.05) is 11.8 Å². The summed E-state index contributed by atoms with van der Waals surface area (Å²) in [5, 5.41) is 0.675. The number of aryl methyl sites for hydroxylation is 2. The molecule has 90 valence electrons. The molecule has 2 aromatic heterocycles. The van der Waals surface area contributed by atoms with Gasteiger partial charge in [-0.3, -0.25) is 4.40 Å². The molecule has 0 fully saturated rings. The first-order valence-electron chi connectivity index (χ1n) is 5.86. The van der Waals surface area contributed by atoms with E-state index < -0.39 is 0 Å². The van der Waals surface area contributed by atoms with E-state index in [0.717, 1.165) is 11.3 Å².